The summed E-state index contributed by atoms with van der Waals surface area (Å²) in [6, 6.07) is 14.7. The zero-order valence-corrected chi connectivity index (χ0v) is 13.6. The zero-order chi connectivity index (χ0) is 16.2. The summed E-state index contributed by atoms with van der Waals surface area (Å²) in [5, 5.41) is 3.09. The number of hydrogen-bond acceptors (Lipinski definition) is 4. The molecule has 3 rings (SSSR count). The molecule has 2 aromatic rings. The Morgan fingerprint density at radius 2 is 1.78 bits per heavy atom. The summed E-state index contributed by atoms with van der Waals surface area (Å²) in [4.78, 5) is 25.1. The minimum absolute atomic E-state index is 0.0280. The van der Waals surface area contributed by atoms with Gasteiger partial charge in [0.15, 0.2) is 0 Å². The molecule has 1 amide bonds. The number of benzene rings is 2. The molecule has 1 atom stereocenters. The number of fused-ring (bicyclic) bond motifs is 1. The van der Waals surface area contributed by atoms with Crippen molar-refractivity contribution in [3.63, 3.8) is 0 Å². The van der Waals surface area contributed by atoms with E-state index in [0.717, 1.165) is 12.2 Å². The van der Waals surface area contributed by atoms with Gasteiger partial charge >= 0.3 is 5.97 Å². The number of hydrogen-bond donors (Lipinski definition) is 1. The molecule has 0 saturated carbocycles. The van der Waals surface area contributed by atoms with Gasteiger partial charge in [-0.2, -0.15) is 0 Å². The fourth-order valence-corrected chi connectivity index (χ4v) is 3.73. The fourth-order valence-electron chi connectivity index (χ4n) is 2.61. The Balaban J connectivity index is 1.74. The van der Waals surface area contributed by atoms with E-state index in [2.05, 4.69) is 22.2 Å². The van der Waals surface area contributed by atoms with Crippen LogP contribution in [0.25, 0.3) is 0 Å². The van der Waals surface area contributed by atoms with Gasteiger partial charge in [-0.3, -0.25) is 4.79 Å². The van der Waals surface area contributed by atoms with Crippen LogP contribution in [0.5, 0.6) is 0 Å². The van der Waals surface area contributed by atoms with Gasteiger partial charge in [-0.15, -0.1) is 11.8 Å². The monoisotopic (exact) mass is 327 g/mol. The van der Waals surface area contributed by atoms with Crippen LogP contribution in [-0.2, 0) is 4.74 Å². The second-order valence-corrected chi connectivity index (χ2v) is 6.41. The third kappa shape index (κ3) is 3.40. The average Bonchev–Trinajstić information content (AvgIpc) is 2.61. The predicted molar refractivity (Wildman–Crippen MR) is 89.8 cm³/mol. The summed E-state index contributed by atoms with van der Waals surface area (Å²) in [6.07, 6.45) is 0.910. The van der Waals surface area contributed by atoms with Crippen molar-refractivity contribution in [3.05, 3.63) is 65.2 Å². The van der Waals surface area contributed by atoms with Crippen LogP contribution in [0, 0.1) is 0 Å². The normalized spacial score (nSPS) is 16.3. The summed E-state index contributed by atoms with van der Waals surface area (Å²) in [5.74, 6) is 0.451. The number of thioether (sulfide) groups is 1. The molecular weight excluding hydrogens is 310 g/mol. The zero-order valence-electron chi connectivity index (χ0n) is 12.7. The topological polar surface area (TPSA) is 55.4 Å². The quantitative estimate of drug-likeness (QED) is 0.878. The van der Waals surface area contributed by atoms with Crippen LogP contribution in [0.2, 0.25) is 0 Å². The lowest BCUT2D eigenvalue weighted by molar-refractivity contribution is 0.0600. The van der Waals surface area contributed by atoms with Crippen LogP contribution in [0.3, 0.4) is 0 Å². The molecule has 5 heteroatoms. The van der Waals surface area contributed by atoms with E-state index in [0.29, 0.717) is 11.1 Å². The molecule has 0 radical (unpaired) electrons. The lowest BCUT2D eigenvalue weighted by atomic mass is 10.0. The standard InChI is InChI=1S/C18H17NO3S/c1-22-18(21)13-8-6-12(7-9-13)17(20)19-15-10-11-23-16-5-3-2-4-14(15)16/h2-9,15H,10-11H2,1H3,(H,19,20)/t15-/m0/s1. The van der Waals surface area contributed by atoms with E-state index >= 15 is 0 Å². The van der Waals surface area contributed by atoms with Crippen molar-refractivity contribution < 1.29 is 14.3 Å². The third-order valence-corrected chi connectivity index (χ3v) is 4.95. The number of esters is 1. The SMILES string of the molecule is COC(=O)c1ccc(C(=O)N[C@H]2CCSc3ccccc32)cc1. The molecule has 0 saturated heterocycles. The third-order valence-electron chi connectivity index (χ3n) is 3.83. The van der Waals surface area contributed by atoms with Crippen molar-refractivity contribution >= 4 is 23.6 Å². The highest BCUT2D eigenvalue weighted by Crippen LogP contribution is 2.35. The molecule has 2 aromatic carbocycles. The van der Waals surface area contributed by atoms with Gasteiger partial charge in [0.2, 0.25) is 0 Å². The lowest BCUT2D eigenvalue weighted by Gasteiger charge is -2.25. The molecule has 0 aliphatic carbocycles. The Morgan fingerprint density at radius 3 is 2.52 bits per heavy atom. The van der Waals surface area contributed by atoms with Gasteiger partial charge in [0.05, 0.1) is 18.7 Å². The molecule has 118 valence electrons. The molecular formula is C18H17NO3S. The Hall–Kier alpha value is -2.27. The van der Waals surface area contributed by atoms with E-state index in [9.17, 15) is 9.59 Å². The maximum atomic E-state index is 12.4. The van der Waals surface area contributed by atoms with Crippen molar-refractivity contribution in [1.29, 1.82) is 0 Å². The first-order chi connectivity index (χ1) is 11.2. The minimum Gasteiger partial charge on any atom is -0.465 e. The van der Waals surface area contributed by atoms with Crippen molar-refractivity contribution in [3.8, 4) is 0 Å². The molecule has 1 aliphatic heterocycles. The smallest absolute Gasteiger partial charge is 0.337 e. The first-order valence-corrected chi connectivity index (χ1v) is 8.38. The first kappa shape index (κ1) is 15.6. The number of nitrogens with one attached hydrogen (secondary N) is 1. The highest BCUT2D eigenvalue weighted by Gasteiger charge is 2.22. The van der Waals surface area contributed by atoms with Gasteiger partial charge < -0.3 is 10.1 Å². The van der Waals surface area contributed by atoms with Crippen molar-refractivity contribution in [2.24, 2.45) is 0 Å². The first-order valence-electron chi connectivity index (χ1n) is 7.40. The summed E-state index contributed by atoms with van der Waals surface area (Å²) in [7, 11) is 1.33. The lowest BCUT2D eigenvalue weighted by Crippen LogP contribution is -2.30. The van der Waals surface area contributed by atoms with Crippen LogP contribution in [0.1, 0.15) is 38.7 Å². The molecule has 23 heavy (non-hydrogen) atoms. The Kier molecular flexibility index (Phi) is 4.67. The molecule has 0 bridgehead atoms. The second kappa shape index (κ2) is 6.87. The van der Waals surface area contributed by atoms with Crippen molar-refractivity contribution in [2.45, 2.75) is 17.4 Å². The van der Waals surface area contributed by atoms with Crippen LogP contribution in [0.15, 0.2) is 53.4 Å². The van der Waals surface area contributed by atoms with E-state index < -0.39 is 5.97 Å². The van der Waals surface area contributed by atoms with Crippen LogP contribution in [0.4, 0.5) is 0 Å². The molecule has 0 spiro atoms. The Morgan fingerprint density at radius 1 is 1.09 bits per heavy atom. The molecule has 1 aliphatic rings. The van der Waals surface area contributed by atoms with Crippen LogP contribution >= 0.6 is 11.8 Å². The highest BCUT2D eigenvalue weighted by molar-refractivity contribution is 7.99. The Labute approximate surface area is 139 Å². The number of rotatable bonds is 3. The number of amides is 1. The summed E-state index contributed by atoms with van der Waals surface area (Å²) in [5.41, 5.74) is 2.14. The van der Waals surface area contributed by atoms with E-state index in [1.54, 1.807) is 24.3 Å². The largest absolute Gasteiger partial charge is 0.465 e. The predicted octanol–water partition coefficient (Wildman–Crippen LogP) is 3.44. The van der Waals surface area contributed by atoms with Gasteiger partial charge in [-0.25, -0.2) is 4.79 Å². The van der Waals surface area contributed by atoms with Gasteiger partial charge in [0, 0.05) is 16.2 Å². The van der Waals surface area contributed by atoms with Gasteiger partial charge in [0.1, 0.15) is 0 Å². The summed E-state index contributed by atoms with van der Waals surface area (Å²) >= 11 is 1.82. The van der Waals surface area contributed by atoms with Crippen LogP contribution < -0.4 is 5.32 Å². The molecule has 1 N–H and O–H groups in total. The molecule has 0 aromatic heterocycles. The fraction of sp³-hybridized carbons (Fsp3) is 0.222. The average molecular weight is 327 g/mol. The number of carbonyl (C=O) groups is 2. The summed E-state index contributed by atoms with van der Waals surface area (Å²) < 4.78 is 4.66. The molecule has 1 heterocycles. The molecule has 0 fully saturated rings. The van der Waals surface area contributed by atoms with Gasteiger partial charge in [0.25, 0.3) is 5.91 Å². The van der Waals surface area contributed by atoms with E-state index in [-0.39, 0.29) is 11.9 Å². The van der Waals surface area contributed by atoms with Gasteiger partial charge in [-0.05, 0) is 42.3 Å². The number of methoxy groups -OCH3 is 1. The highest BCUT2D eigenvalue weighted by atomic mass is 32.2. The second-order valence-electron chi connectivity index (χ2n) is 5.27. The van der Waals surface area contributed by atoms with Crippen LogP contribution in [-0.4, -0.2) is 24.7 Å². The molecule has 0 unspecified atom stereocenters. The van der Waals surface area contributed by atoms with E-state index in [4.69, 9.17) is 0 Å². The van der Waals surface area contributed by atoms with E-state index in [1.165, 1.54) is 17.6 Å². The van der Waals surface area contributed by atoms with Gasteiger partial charge in [-0.1, -0.05) is 18.2 Å². The maximum Gasteiger partial charge on any atom is 0.337 e. The van der Waals surface area contributed by atoms with Crippen molar-refractivity contribution in [1.82, 2.24) is 5.32 Å². The van der Waals surface area contributed by atoms with Crippen molar-refractivity contribution in [2.75, 3.05) is 12.9 Å². The van der Waals surface area contributed by atoms with E-state index in [1.807, 2.05) is 23.9 Å². The number of ether oxygens (including phenoxy) is 1. The number of carbonyl (C=O) groups excluding carboxylic acids is 2. The maximum absolute atomic E-state index is 12.4. The molecule has 4 nitrogen and oxygen atoms in total. The Bertz CT molecular complexity index is 727. The summed E-state index contributed by atoms with van der Waals surface area (Å²) in [6.45, 7) is 0. The minimum atomic E-state index is -0.407.